The van der Waals surface area contributed by atoms with Gasteiger partial charge in [-0.3, -0.25) is 14.6 Å². The van der Waals surface area contributed by atoms with E-state index < -0.39 is 0 Å². The minimum absolute atomic E-state index is 0.0827. The maximum Gasteiger partial charge on any atom is 0.260 e. The molecule has 2 saturated heterocycles. The van der Waals surface area contributed by atoms with E-state index >= 15 is 0 Å². The second-order valence-electron chi connectivity index (χ2n) is 8.90. The van der Waals surface area contributed by atoms with Crippen LogP contribution < -0.4 is 10.1 Å². The summed E-state index contributed by atoms with van der Waals surface area (Å²) in [4.78, 5) is 36.3. The minimum Gasteiger partial charge on any atom is -0.466 e. The van der Waals surface area contributed by atoms with E-state index in [1.54, 1.807) is 17.3 Å². The summed E-state index contributed by atoms with van der Waals surface area (Å²) in [5.41, 5.74) is 0.840. The zero-order valence-corrected chi connectivity index (χ0v) is 17.7. The van der Waals surface area contributed by atoms with Gasteiger partial charge in [-0.2, -0.15) is 0 Å². The molecule has 2 amide bonds. The molecule has 1 aliphatic carbocycles. The number of rotatable bonds is 2. The highest BCUT2D eigenvalue weighted by Gasteiger charge is 2.40. The van der Waals surface area contributed by atoms with Gasteiger partial charge in [-0.15, -0.1) is 0 Å². The lowest BCUT2D eigenvalue weighted by molar-refractivity contribution is -0.137. The van der Waals surface area contributed by atoms with Crippen LogP contribution in [0.4, 0.5) is 0 Å². The number of nitrogens with zero attached hydrogens (tertiary/aromatic N) is 3. The summed E-state index contributed by atoms with van der Waals surface area (Å²) in [5, 5.41) is 3.12. The number of aromatic nitrogens is 2. The van der Waals surface area contributed by atoms with E-state index in [0.29, 0.717) is 32.1 Å². The molecule has 1 N–H and O–H groups in total. The zero-order chi connectivity index (χ0) is 21.2. The molecular formula is C22H30N4O5. The van der Waals surface area contributed by atoms with Crippen LogP contribution in [0.15, 0.2) is 12.4 Å². The number of ether oxygens (including phenoxy) is 3. The number of hydrogen-bond donors (Lipinski definition) is 1. The summed E-state index contributed by atoms with van der Waals surface area (Å²) in [5.74, 6) is 0.530. The van der Waals surface area contributed by atoms with Crippen LogP contribution in [0.2, 0.25) is 0 Å². The van der Waals surface area contributed by atoms with E-state index in [2.05, 4.69) is 15.3 Å². The molecule has 5 heterocycles. The standard InChI is InChI=1S/C22H30N4O5/c27-19-13-31-22-20(23-8-9-24-22)14-3-5-15(6-4-14)30-12-17-16(7-10-26(17)19)25-21(28)18-2-1-11-29-18/h8-9,14-18H,1-7,10-13H2,(H,25,28)/t14?,15?,16-,17?,18?/m0/s1. The van der Waals surface area contributed by atoms with Crippen molar-refractivity contribution in [2.75, 3.05) is 26.4 Å². The van der Waals surface area contributed by atoms with E-state index in [4.69, 9.17) is 14.2 Å². The minimum atomic E-state index is -0.380. The van der Waals surface area contributed by atoms with E-state index in [1.807, 2.05) is 0 Å². The van der Waals surface area contributed by atoms with E-state index in [0.717, 1.165) is 44.2 Å². The zero-order valence-electron chi connectivity index (χ0n) is 17.7. The first-order valence-corrected chi connectivity index (χ1v) is 11.5. The van der Waals surface area contributed by atoms with Crippen LogP contribution in [-0.2, 0) is 19.1 Å². The number of hydrogen-bond acceptors (Lipinski definition) is 7. The smallest absolute Gasteiger partial charge is 0.260 e. The molecule has 1 saturated carbocycles. The molecule has 9 heteroatoms. The lowest BCUT2D eigenvalue weighted by Crippen LogP contribution is -2.52. The van der Waals surface area contributed by atoms with Crippen LogP contribution in [0.5, 0.6) is 5.88 Å². The molecular weight excluding hydrogens is 400 g/mol. The van der Waals surface area contributed by atoms with Gasteiger partial charge in [0.05, 0.1) is 24.8 Å². The Bertz CT molecular complexity index is 807. The second-order valence-corrected chi connectivity index (χ2v) is 8.90. The number of fused-ring (bicyclic) bond motifs is 5. The average molecular weight is 431 g/mol. The van der Waals surface area contributed by atoms with Crippen molar-refractivity contribution in [3.05, 3.63) is 18.1 Å². The Hall–Kier alpha value is -2.26. The molecule has 0 spiro atoms. The van der Waals surface area contributed by atoms with Crippen molar-refractivity contribution in [1.29, 1.82) is 0 Å². The molecule has 2 unspecified atom stereocenters. The van der Waals surface area contributed by atoms with Crippen LogP contribution in [0.25, 0.3) is 0 Å². The molecule has 9 nitrogen and oxygen atoms in total. The quantitative estimate of drug-likeness (QED) is 0.751. The van der Waals surface area contributed by atoms with Crippen molar-refractivity contribution >= 4 is 11.8 Å². The van der Waals surface area contributed by atoms with Gasteiger partial charge in [0.2, 0.25) is 11.8 Å². The van der Waals surface area contributed by atoms with Crippen molar-refractivity contribution in [2.45, 2.75) is 75.2 Å². The first kappa shape index (κ1) is 20.6. The SMILES string of the molecule is O=C(N[C@H]1CCN2C(=O)COc3nccnc3C3CCC(CC3)OCC12)C1CCCO1. The Kier molecular flexibility index (Phi) is 6.04. The molecule has 3 fully saturated rings. The lowest BCUT2D eigenvalue weighted by Gasteiger charge is -2.32. The monoisotopic (exact) mass is 430 g/mol. The van der Waals surface area contributed by atoms with Gasteiger partial charge in [-0.1, -0.05) is 0 Å². The Balaban J connectivity index is 1.34. The van der Waals surface area contributed by atoms with Crippen molar-refractivity contribution < 1.29 is 23.8 Å². The molecule has 6 rings (SSSR count). The number of carbonyl (C=O) groups is 2. The molecule has 168 valence electrons. The highest BCUT2D eigenvalue weighted by atomic mass is 16.5. The summed E-state index contributed by atoms with van der Waals surface area (Å²) in [6.07, 6.45) is 9.21. The number of carbonyl (C=O) groups excluding carboxylic acids is 2. The highest BCUT2D eigenvalue weighted by molar-refractivity contribution is 5.82. The van der Waals surface area contributed by atoms with Gasteiger partial charge in [0.1, 0.15) is 11.8 Å². The first-order valence-electron chi connectivity index (χ1n) is 11.5. The molecule has 31 heavy (non-hydrogen) atoms. The Morgan fingerprint density at radius 2 is 1.90 bits per heavy atom. The molecule has 3 atom stereocenters. The van der Waals surface area contributed by atoms with Gasteiger partial charge >= 0.3 is 0 Å². The third-order valence-corrected chi connectivity index (χ3v) is 7.00. The number of amides is 2. The summed E-state index contributed by atoms with van der Waals surface area (Å²) in [7, 11) is 0. The average Bonchev–Trinajstić information content (AvgIpc) is 3.47. The third kappa shape index (κ3) is 4.39. The van der Waals surface area contributed by atoms with Gasteiger partial charge in [0.15, 0.2) is 6.61 Å². The molecule has 4 aliphatic heterocycles. The fourth-order valence-corrected chi connectivity index (χ4v) is 5.28. The Morgan fingerprint density at radius 3 is 2.71 bits per heavy atom. The fraction of sp³-hybridized carbons (Fsp3) is 0.727. The third-order valence-electron chi connectivity index (χ3n) is 7.00. The maximum atomic E-state index is 13.0. The predicted octanol–water partition coefficient (Wildman–Crippen LogP) is 1.18. The first-order chi connectivity index (χ1) is 15.2. The van der Waals surface area contributed by atoms with Crippen molar-refractivity contribution in [1.82, 2.24) is 20.2 Å². The van der Waals surface area contributed by atoms with E-state index in [9.17, 15) is 9.59 Å². The van der Waals surface area contributed by atoms with Crippen molar-refractivity contribution in [3.8, 4) is 5.88 Å². The van der Waals surface area contributed by atoms with Crippen molar-refractivity contribution in [3.63, 3.8) is 0 Å². The molecule has 5 aliphatic rings. The van der Waals surface area contributed by atoms with Gasteiger partial charge < -0.3 is 24.4 Å². The normalized spacial score (nSPS) is 33.5. The van der Waals surface area contributed by atoms with Crippen LogP contribution in [0, 0.1) is 0 Å². The Morgan fingerprint density at radius 1 is 1.06 bits per heavy atom. The predicted molar refractivity (Wildman–Crippen MR) is 109 cm³/mol. The number of nitrogens with one attached hydrogen (secondary N) is 1. The van der Waals surface area contributed by atoms with Crippen LogP contribution >= 0.6 is 0 Å². The van der Waals surface area contributed by atoms with Crippen molar-refractivity contribution in [2.24, 2.45) is 0 Å². The lowest BCUT2D eigenvalue weighted by atomic mass is 9.85. The maximum absolute atomic E-state index is 13.0. The van der Waals surface area contributed by atoms with Gasteiger partial charge in [0, 0.05) is 31.5 Å². The summed E-state index contributed by atoms with van der Waals surface area (Å²) >= 11 is 0. The van der Waals surface area contributed by atoms with Gasteiger partial charge in [-0.25, -0.2) is 4.98 Å². The summed E-state index contributed by atoms with van der Waals surface area (Å²) < 4.78 is 17.7. The van der Waals surface area contributed by atoms with Gasteiger partial charge in [-0.05, 0) is 44.9 Å². The second kappa shape index (κ2) is 9.08. The molecule has 0 aromatic carbocycles. The molecule has 1 aromatic rings. The van der Waals surface area contributed by atoms with Crippen LogP contribution in [0.3, 0.4) is 0 Å². The summed E-state index contributed by atoms with van der Waals surface area (Å²) in [6, 6.07) is -0.351. The Labute approximate surface area is 181 Å². The largest absolute Gasteiger partial charge is 0.466 e. The molecule has 2 bridgehead atoms. The van der Waals surface area contributed by atoms with Gasteiger partial charge in [0.25, 0.3) is 5.91 Å². The highest BCUT2D eigenvalue weighted by Crippen LogP contribution is 2.37. The summed E-state index contributed by atoms with van der Waals surface area (Å²) in [6.45, 7) is 1.52. The molecule has 1 aromatic heterocycles. The van der Waals surface area contributed by atoms with E-state index in [-0.39, 0.29) is 48.6 Å². The fourth-order valence-electron chi connectivity index (χ4n) is 5.28. The van der Waals surface area contributed by atoms with E-state index in [1.165, 1.54) is 0 Å². The topological polar surface area (TPSA) is 103 Å². The van der Waals surface area contributed by atoms with Crippen LogP contribution in [-0.4, -0.2) is 77.3 Å². The van der Waals surface area contributed by atoms with Crippen LogP contribution in [0.1, 0.15) is 56.6 Å². The molecule has 0 radical (unpaired) electrons.